The number of allylic oxidation sites excluding steroid dienone is 1. The van der Waals surface area contributed by atoms with Crippen LogP contribution in [0.4, 0.5) is 0 Å². The zero-order valence-corrected chi connectivity index (χ0v) is 7.46. The highest BCUT2D eigenvalue weighted by Crippen LogP contribution is 2.26. The Bertz CT molecular complexity index is 204. The molecule has 0 fully saturated rings. The van der Waals surface area contributed by atoms with Gasteiger partial charge in [0.2, 0.25) is 0 Å². The maximum absolute atomic E-state index is 5.78. The summed E-state index contributed by atoms with van der Waals surface area (Å²) in [6.07, 6.45) is 2.08. The second kappa shape index (κ2) is 2.70. The molecule has 0 aromatic heterocycles. The van der Waals surface area contributed by atoms with Crippen molar-refractivity contribution in [3.05, 3.63) is 24.0 Å². The van der Waals surface area contributed by atoms with Crippen LogP contribution in [0.2, 0.25) is 0 Å². The Hall–Kier alpha value is -0.760. The van der Waals surface area contributed by atoms with E-state index in [1.165, 1.54) is 5.70 Å². The molecule has 1 heterocycles. The molecule has 1 atom stereocenters. The Morgan fingerprint density at radius 3 is 2.36 bits per heavy atom. The van der Waals surface area contributed by atoms with Crippen LogP contribution in [0.25, 0.3) is 0 Å². The third-order valence-electron chi connectivity index (χ3n) is 2.14. The summed E-state index contributed by atoms with van der Waals surface area (Å²) in [4.78, 5) is 2.08. The van der Waals surface area contributed by atoms with E-state index < -0.39 is 0 Å². The van der Waals surface area contributed by atoms with Crippen LogP contribution in [0.15, 0.2) is 24.0 Å². The van der Waals surface area contributed by atoms with Gasteiger partial charge in [0.05, 0.1) is 6.04 Å². The van der Waals surface area contributed by atoms with Crippen LogP contribution in [0.3, 0.4) is 0 Å². The first-order valence-electron chi connectivity index (χ1n) is 3.94. The molecular formula is C9H16N2. The van der Waals surface area contributed by atoms with E-state index in [9.17, 15) is 0 Å². The summed E-state index contributed by atoms with van der Waals surface area (Å²) >= 11 is 0. The molecule has 1 rings (SSSR count). The van der Waals surface area contributed by atoms with E-state index in [1.54, 1.807) is 0 Å². The number of likely N-dealkylation sites (N-methyl/N-ethyl adjacent to an activating group) is 1. The van der Waals surface area contributed by atoms with Gasteiger partial charge in [-0.15, -0.1) is 0 Å². The summed E-state index contributed by atoms with van der Waals surface area (Å²) in [5.74, 6) is 0.533. The lowest BCUT2D eigenvalue weighted by Gasteiger charge is -2.20. The van der Waals surface area contributed by atoms with E-state index in [4.69, 9.17) is 5.73 Å². The Morgan fingerprint density at radius 2 is 2.18 bits per heavy atom. The van der Waals surface area contributed by atoms with Crippen molar-refractivity contribution in [1.29, 1.82) is 0 Å². The first-order valence-corrected chi connectivity index (χ1v) is 3.94. The SMILES string of the molecule is C=C1C(N)C=C(C(C)C)N1C. The molecule has 0 radical (unpaired) electrons. The molecule has 2 nitrogen and oxygen atoms in total. The highest BCUT2D eigenvalue weighted by atomic mass is 15.2. The van der Waals surface area contributed by atoms with Crippen molar-refractivity contribution < 1.29 is 0 Å². The van der Waals surface area contributed by atoms with Crippen molar-refractivity contribution in [3.63, 3.8) is 0 Å². The second-order valence-corrected chi connectivity index (χ2v) is 3.32. The zero-order chi connectivity index (χ0) is 8.59. The van der Waals surface area contributed by atoms with E-state index >= 15 is 0 Å². The molecule has 62 valence electrons. The van der Waals surface area contributed by atoms with Crippen molar-refractivity contribution in [2.45, 2.75) is 19.9 Å². The quantitative estimate of drug-likeness (QED) is 0.614. The molecule has 2 heteroatoms. The molecule has 11 heavy (non-hydrogen) atoms. The summed E-state index contributed by atoms with van der Waals surface area (Å²) in [6.45, 7) is 8.22. The lowest BCUT2D eigenvalue weighted by atomic mass is 10.1. The monoisotopic (exact) mass is 152 g/mol. The summed E-state index contributed by atoms with van der Waals surface area (Å²) in [6, 6.07) is 0.0254. The Balaban J connectivity index is 2.83. The van der Waals surface area contributed by atoms with Gasteiger partial charge in [0, 0.05) is 18.4 Å². The van der Waals surface area contributed by atoms with Gasteiger partial charge in [0.1, 0.15) is 0 Å². The molecule has 0 spiro atoms. The number of hydrogen-bond acceptors (Lipinski definition) is 2. The van der Waals surface area contributed by atoms with E-state index in [0.29, 0.717) is 5.92 Å². The van der Waals surface area contributed by atoms with Gasteiger partial charge in [0.15, 0.2) is 0 Å². The van der Waals surface area contributed by atoms with Crippen LogP contribution < -0.4 is 5.73 Å². The first-order chi connectivity index (χ1) is 5.04. The topological polar surface area (TPSA) is 29.3 Å². The molecule has 1 unspecified atom stereocenters. The predicted molar refractivity (Wildman–Crippen MR) is 47.8 cm³/mol. The van der Waals surface area contributed by atoms with E-state index in [0.717, 1.165) is 5.70 Å². The molecule has 0 aromatic rings. The van der Waals surface area contributed by atoms with Gasteiger partial charge in [-0.1, -0.05) is 20.4 Å². The molecule has 0 aliphatic carbocycles. The smallest absolute Gasteiger partial charge is 0.0649 e. The molecule has 0 aromatic carbocycles. The standard InChI is InChI=1S/C9H16N2/c1-6(2)9-5-8(10)7(3)11(9)4/h5-6,8H,3,10H2,1-2,4H3. The third-order valence-corrected chi connectivity index (χ3v) is 2.14. The van der Waals surface area contributed by atoms with Crippen LogP contribution in [0, 0.1) is 5.92 Å². The van der Waals surface area contributed by atoms with E-state index in [-0.39, 0.29) is 6.04 Å². The normalized spacial score (nSPS) is 24.8. The summed E-state index contributed by atoms with van der Waals surface area (Å²) in [7, 11) is 2.01. The van der Waals surface area contributed by atoms with Gasteiger partial charge in [0.25, 0.3) is 0 Å². The van der Waals surface area contributed by atoms with Gasteiger partial charge < -0.3 is 10.6 Å². The van der Waals surface area contributed by atoms with Crippen LogP contribution in [0.1, 0.15) is 13.8 Å². The minimum absolute atomic E-state index is 0.0254. The van der Waals surface area contributed by atoms with Crippen LogP contribution >= 0.6 is 0 Å². The van der Waals surface area contributed by atoms with Crippen LogP contribution in [-0.2, 0) is 0 Å². The highest BCUT2D eigenvalue weighted by molar-refractivity contribution is 5.29. The number of rotatable bonds is 1. The van der Waals surface area contributed by atoms with Crippen molar-refractivity contribution in [1.82, 2.24) is 4.90 Å². The molecule has 0 bridgehead atoms. The fraction of sp³-hybridized carbons (Fsp3) is 0.556. The number of nitrogens with zero attached hydrogens (tertiary/aromatic N) is 1. The van der Waals surface area contributed by atoms with Gasteiger partial charge >= 0.3 is 0 Å². The summed E-state index contributed by atoms with van der Waals surface area (Å²) < 4.78 is 0. The van der Waals surface area contributed by atoms with Crippen molar-refractivity contribution >= 4 is 0 Å². The van der Waals surface area contributed by atoms with Gasteiger partial charge in [-0.2, -0.15) is 0 Å². The number of hydrogen-bond donors (Lipinski definition) is 1. The largest absolute Gasteiger partial charge is 0.350 e. The zero-order valence-electron chi connectivity index (χ0n) is 7.46. The van der Waals surface area contributed by atoms with E-state index in [1.807, 2.05) is 7.05 Å². The molecule has 1 aliphatic rings. The van der Waals surface area contributed by atoms with Gasteiger partial charge in [-0.25, -0.2) is 0 Å². The second-order valence-electron chi connectivity index (χ2n) is 3.32. The molecule has 0 saturated carbocycles. The van der Waals surface area contributed by atoms with Crippen molar-refractivity contribution in [2.24, 2.45) is 11.7 Å². The fourth-order valence-corrected chi connectivity index (χ4v) is 1.36. The van der Waals surface area contributed by atoms with Crippen LogP contribution in [-0.4, -0.2) is 18.0 Å². The Labute approximate surface area is 68.4 Å². The third kappa shape index (κ3) is 1.31. The maximum atomic E-state index is 5.78. The average Bonchev–Trinajstić information content (AvgIpc) is 2.17. The summed E-state index contributed by atoms with van der Waals surface area (Å²) in [5, 5.41) is 0. The van der Waals surface area contributed by atoms with Crippen molar-refractivity contribution in [2.75, 3.05) is 7.05 Å². The first kappa shape index (κ1) is 8.34. The minimum Gasteiger partial charge on any atom is -0.350 e. The lowest BCUT2D eigenvalue weighted by molar-refractivity contribution is 0.469. The van der Waals surface area contributed by atoms with Gasteiger partial charge in [-0.05, 0) is 12.0 Å². The highest BCUT2D eigenvalue weighted by Gasteiger charge is 2.22. The fourth-order valence-electron chi connectivity index (χ4n) is 1.36. The molecule has 2 N–H and O–H groups in total. The Kier molecular flexibility index (Phi) is 2.05. The maximum Gasteiger partial charge on any atom is 0.0649 e. The average molecular weight is 152 g/mol. The Morgan fingerprint density at radius 1 is 1.64 bits per heavy atom. The van der Waals surface area contributed by atoms with Crippen LogP contribution in [0.5, 0.6) is 0 Å². The molecule has 0 saturated heterocycles. The van der Waals surface area contributed by atoms with Gasteiger partial charge in [-0.3, -0.25) is 0 Å². The van der Waals surface area contributed by atoms with Crippen molar-refractivity contribution in [3.8, 4) is 0 Å². The summed E-state index contributed by atoms with van der Waals surface area (Å²) in [5.41, 5.74) is 8.05. The number of nitrogens with two attached hydrogens (primary N) is 1. The molecule has 1 aliphatic heterocycles. The lowest BCUT2D eigenvalue weighted by Crippen LogP contribution is -2.22. The molecule has 0 amide bonds. The molecular weight excluding hydrogens is 136 g/mol. The van der Waals surface area contributed by atoms with E-state index in [2.05, 4.69) is 31.4 Å². The predicted octanol–water partition coefficient (Wildman–Crippen LogP) is 1.31. The minimum atomic E-state index is 0.0254.